The van der Waals surface area contributed by atoms with Crippen molar-refractivity contribution in [3.63, 3.8) is 0 Å². The van der Waals surface area contributed by atoms with Crippen molar-refractivity contribution in [2.45, 2.75) is 11.3 Å². The van der Waals surface area contributed by atoms with Crippen molar-refractivity contribution >= 4 is 61.2 Å². The molecule has 0 radical (unpaired) electrons. The van der Waals surface area contributed by atoms with Crippen LogP contribution in [-0.4, -0.2) is 0 Å². The lowest BCUT2D eigenvalue weighted by molar-refractivity contribution is 0.795. The van der Waals surface area contributed by atoms with Crippen molar-refractivity contribution in [1.29, 1.82) is 5.26 Å². The maximum Gasteiger partial charge on any atom is 0.0992 e. The molecule has 1 spiro atoms. The van der Waals surface area contributed by atoms with E-state index in [-0.39, 0.29) is 5.92 Å². The lowest BCUT2D eigenvalue weighted by Crippen LogP contribution is -2.27. The van der Waals surface area contributed by atoms with E-state index in [0.717, 1.165) is 28.4 Å². The molecular formula is C57H35N3. The molecule has 3 aliphatic carbocycles. The van der Waals surface area contributed by atoms with Crippen LogP contribution in [0.5, 0.6) is 0 Å². The first-order valence-corrected chi connectivity index (χ1v) is 20.7. The molecule has 1 heterocycles. The molecule has 3 heteroatoms. The fourth-order valence-corrected chi connectivity index (χ4v) is 11.1. The van der Waals surface area contributed by atoms with E-state index in [4.69, 9.17) is 0 Å². The Balaban J connectivity index is 1.16. The van der Waals surface area contributed by atoms with Crippen LogP contribution in [0, 0.1) is 11.3 Å². The summed E-state index contributed by atoms with van der Waals surface area (Å²) in [6.07, 6.45) is 4.91. The van der Waals surface area contributed by atoms with Gasteiger partial charge in [-0.05, 0) is 139 Å². The number of anilines is 6. The summed E-state index contributed by atoms with van der Waals surface area (Å²) in [5, 5.41) is 14.8. The first kappa shape index (κ1) is 33.1. The second-order valence-electron chi connectivity index (χ2n) is 16.3. The van der Waals surface area contributed by atoms with Gasteiger partial charge in [0, 0.05) is 39.7 Å². The predicted octanol–water partition coefficient (Wildman–Crippen LogP) is 14.6. The van der Waals surface area contributed by atoms with E-state index in [0.29, 0.717) is 5.56 Å². The number of benzene rings is 9. The number of rotatable bonds is 4. The number of nitriles is 1. The lowest BCUT2D eigenvalue weighted by atomic mass is 9.68. The van der Waals surface area contributed by atoms with E-state index in [1.807, 2.05) is 24.3 Å². The van der Waals surface area contributed by atoms with Crippen LogP contribution in [0.1, 0.15) is 39.3 Å². The summed E-state index contributed by atoms with van der Waals surface area (Å²) in [5.41, 5.74) is 18.6. The van der Waals surface area contributed by atoms with Crippen LogP contribution in [0.2, 0.25) is 0 Å². The summed E-state index contributed by atoms with van der Waals surface area (Å²) in [6, 6.07) is 73.2. The molecule has 4 aliphatic rings. The number of para-hydroxylation sites is 2. The standard InChI is InChI=1S/C57H35N3/c58-35-36-13-11-19-41(31-36)59(39-15-3-1-4-16-39)43-26-28-45-38(33-43)25-27-49-55-47-22-8-7-21-46(47)53-34-52(55)57(56(45)49)50-24-10-9-23-48(50)54-44(29-30-51(54)57)37-14-12-20-42(32-37)60(53)40-17-5-2-6-18-40/h1-34,44H. The number of allylic oxidation sites excluding steroid dienone is 4. The molecule has 0 fully saturated rings. The Morgan fingerprint density at radius 3 is 2.13 bits per heavy atom. The fraction of sp³-hybridized carbons (Fsp3) is 0.0351. The van der Waals surface area contributed by atoms with Gasteiger partial charge in [-0.2, -0.15) is 5.26 Å². The van der Waals surface area contributed by atoms with Crippen LogP contribution < -0.4 is 9.80 Å². The Hall–Kier alpha value is -7.93. The summed E-state index contributed by atoms with van der Waals surface area (Å²) in [6.45, 7) is 0. The first-order valence-electron chi connectivity index (χ1n) is 20.7. The third-order valence-corrected chi connectivity index (χ3v) is 13.4. The summed E-state index contributed by atoms with van der Waals surface area (Å²) >= 11 is 0. The third kappa shape index (κ3) is 4.32. The predicted molar refractivity (Wildman–Crippen MR) is 246 cm³/mol. The summed E-state index contributed by atoms with van der Waals surface area (Å²) in [4.78, 5) is 4.74. The molecule has 0 aromatic heterocycles. The van der Waals surface area contributed by atoms with Crippen molar-refractivity contribution in [3.8, 4) is 17.2 Å². The van der Waals surface area contributed by atoms with Gasteiger partial charge in [-0.15, -0.1) is 0 Å². The van der Waals surface area contributed by atoms with Crippen molar-refractivity contribution in [2.75, 3.05) is 9.80 Å². The fourth-order valence-electron chi connectivity index (χ4n) is 11.1. The normalized spacial score (nSPS) is 17.4. The van der Waals surface area contributed by atoms with Gasteiger partial charge in [0.25, 0.3) is 0 Å². The average molecular weight is 762 g/mol. The van der Waals surface area contributed by atoms with E-state index < -0.39 is 5.41 Å². The van der Waals surface area contributed by atoms with E-state index >= 15 is 0 Å². The van der Waals surface area contributed by atoms with Crippen LogP contribution in [0.15, 0.2) is 212 Å². The first-order chi connectivity index (χ1) is 29.7. The topological polar surface area (TPSA) is 30.3 Å². The second kappa shape index (κ2) is 12.3. The Bertz CT molecular complexity index is 3410. The average Bonchev–Trinajstić information content (AvgIpc) is 3.97. The molecule has 8 bridgehead atoms. The molecule has 3 nitrogen and oxygen atoms in total. The monoisotopic (exact) mass is 761 g/mol. The SMILES string of the molecule is N#Cc1cccc(N(c2ccccc2)c2ccc3c4c(ccc3c2)-c2c3cc(c5ccccc25)N(c2ccccc2)c2cccc(c2)C2C=CC5=C2c2ccccc2C534)c1. The van der Waals surface area contributed by atoms with Gasteiger partial charge in [-0.25, -0.2) is 0 Å². The van der Waals surface area contributed by atoms with Crippen molar-refractivity contribution < 1.29 is 0 Å². The number of hydrogen-bond acceptors (Lipinski definition) is 3. The largest absolute Gasteiger partial charge is 0.310 e. The van der Waals surface area contributed by atoms with Gasteiger partial charge in [0.1, 0.15) is 0 Å². The molecule has 1 aliphatic heterocycles. The highest BCUT2D eigenvalue weighted by molar-refractivity contribution is 6.15. The molecule has 278 valence electrons. The van der Waals surface area contributed by atoms with Gasteiger partial charge in [-0.1, -0.05) is 133 Å². The molecule has 13 rings (SSSR count). The molecule has 2 atom stereocenters. The summed E-state index contributed by atoms with van der Waals surface area (Å²) in [7, 11) is 0. The Morgan fingerprint density at radius 2 is 1.27 bits per heavy atom. The van der Waals surface area contributed by atoms with E-state index in [1.165, 1.54) is 77.3 Å². The number of fused-ring (bicyclic) bond motifs is 12. The van der Waals surface area contributed by atoms with Gasteiger partial charge in [0.2, 0.25) is 0 Å². The third-order valence-electron chi connectivity index (χ3n) is 13.4. The van der Waals surface area contributed by atoms with Gasteiger partial charge >= 0.3 is 0 Å². The van der Waals surface area contributed by atoms with Crippen LogP contribution in [0.3, 0.4) is 0 Å². The Kier molecular flexibility index (Phi) is 6.78. The van der Waals surface area contributed by atoms with Gasteiger partial charge in [0.15, 0.2) is 0 Å². The second-order valence-corrected chi connectivity index (χ2v) is 16.3. The zero-order valence-electron chi connectivity index (χ0n) is 32.5. The highest BCUT2D eigenvalue weighted by atomic mass is 15.1. The maximum absolute atomic E-state index is 9.89. The molecule has 0 N–H and O–H groups in total. The van der Waals surface area contributed by atoms with Crippen molar-refractivity contribution in [1.82, 2.24) is 0 Å². The molecule has 0 amide bonds. The van der Waals surface area contributed by atoms with Crippen LogP contribution >= 0.6 is 0 Å². The molecule has 60 heavy (non-hydrogen) atoms. The smallest absolute Gasteiger partial charge is 0.0992 e. The van der Waals surface area contributed by atoms with Gasteiger partial charge in [-0.3, -0.25) is 0 Å². The molecule has 9 aromatic carbocycles. The van der Waals surface area contributed by atoms with Gasteiger partial charge < -0.3 is 9.80 Å². The Morgan fingerprint density at radius 1 is 0.533 bits per heavy atom. The quantitative estimate of drug-likeness (QED) is 0.179. The van der Waals surface area contributed by atoms with Crippen LogP contribution in [0.4, 0.5) is 34.1 Å². The zero-order valence-corrected chi connectivity index (χ0v) is 32.5. The van der Waals surface area contributed by atoms with Gasteiger partial charge in [0.05, 0.1) is 22.7 Å². The minimum atomic E-state index is -0.554. The molecule has 2 unspecified atom stereocenters. The van der Waals surface area contributed by atoms with E-state index in [1.54, 1.807) is 0 Å². The molecular weight excluding hydrogens is 727 g/mol. The van der Waals surface area contributed by atoms with Crippen LogP contribution in [-0.2, 0) is 5.41 Å². The highest BCUT2D eigenvalue weighted by Crippen LogP contribution is 2.68. The lowest BCUT2D eigenvalue weighted by Gasteiger charge is -2.34. The van der Waals surface area contributed by atoms with Crippen molar-refractivity contribution in [3.05, 3.63) is 245 Å². The van der Waals surface area contributed by atoms with Crippen LogP contribution in [0.25, 0.3) is 38.2 Å². The number of hydrogen-bond donors (Lipinski definition) is 0. The highest BCUT2D eigenvalue weighted by Gasteiger charge is 2.56. The summed E-state index contributed by atoms with van der Waals surface area (Å²) < 4.78 is 0. The molecule has 0 saturated heterocycles. The Labute approximate surface area is 348 Å². The molecule has 9 aromatic rings. The van der Waals surface area contributed by atoms with E-state index in [9.17, 15) is 5.26 Å². The van der Waals surface area contributed by atoms with E-state index in [2.05, 4.69) is 198 Å². The zero-order chi connectivity index (χ0) is 39.5. The minimum Gasteiger partial charge on any atom is -0.310 e. The minimum absolute atomic E-state index is 0.113. The summed E-state index contributed by atoms with van der Waals surface area (Å²) in [5.74, 6) is 0.113. The van der Waals surface area contributed by atoms with Crippen molar-refractivity contribution in [2.24, 2.45) is 0 Å². The molecule has 0 saturated carbocycles. The number of nitrogens with zero attached hydrogens (tertiary/aromatic N) is 3. The maximum atomic E-state index is 9.89.